The van der Waals surface area contributed by atoms with Crippen LogP contribution in [0.5, 0.6) is 11.5 Å². The van der Waals surface area contributed by atoms with Gasteiger partial charge in [0.1, 0.15) is 22.7 Å². The molecule has 22 heavy (non-hydrogen) atoms. The van der Waals surface area contributed by atoms with E-state index in [4.69, 9.17) is 4.74 Å². The van der Waals surface area contributed by atoms with Gasteiger partial charge < -0.3 is 20.3 Å². The van der Waals surface area contributed by atoms with Crippen LogP contribution in [-0.2, 0) is 4.74 Å². The summed E-state index contributed by atoms with van der Waals surface area (Å²) in [6.45, 7) is 0.694. The molecule has 0 saturated carbocycles. The van der Waals surface area contributed by atoms with Crippen molar-refractivity contribution >= 4 is 28.6 Å². The molecule has 1 aromatic carbocycles. The van der Waals surface area contributed by atoms with E-state index in [0.717, 1.165) is 18.6 Å². The molecule has 4 N–H and O–H groups in total. The Morgan fingerprint density at radius 2 is 2.23 bits per heavy atom. The van der Waals surface area contributed by atoms with Gasteiger partial charge in [-0.3, -0.25) is 9.89 Å². The van der Waals surface area contributed by atoms with Crippen molar-refractivity contribution in [1.82, 2.24) is 15.5 Å². The number of aromatic hydroxyl groups is 2. The SMILES string of the molecule is CNC(=O)c1[nH]nc2c(O)cc(SCCCCOC)c(O)c12. The molecule has 0 unspecified atom stereocenters. The fourth-order valence-electron chi connectivity index (χ4n) is 2.07. The maximum Gasteiger partial charge on any atom is 0.269 e. The van der Waals surface area contributed by atoms with Crippen LogP contribution in [0.1, 0.15) is 23.3 Å². The third kappa shape index (κ3) is 3.28. The molecule has 8 heteroatoms. The van der Waals surface area contributed by atoms with Crippen LogP contribution in [0.4, 0.5) is 0 Å². The number of aromatic amines is 1. The second-order valence-corrected chi connectivity index (χ2v) is 5.83. The number of hydrogen-bond donors (Lipinski definition) is 4. The number of hydrogen-bond acceptors (Lipinski definition) is 6. The number of fused-ring (bicyclic) bond motifs is 1. The normalized spacial score (nSPS) is 11.0. The van der Waals surface area contributed by atoms with Crippen LogP contribution in [0, 0.1) is 0 Å². The fraction of sp³-hybridized carbons (Fsp3) is 0.429. The molecule has 0 radical (unpaired) electrons. The molecule has 0 aliphatic heterocycles. The number of aromatic nitrogens is 2. The highest BCUT2D eigenvalue weighted by Gasteiger charge is 2.21. The van der Waals surface area contributed by atoms with Crippen molar-refractivity contribution in [1.29, 1.82) is 0 Å². The third-order valence-corrected chi connectivity index (χ3v) is 4.32. The van der Waals surface area contributed by atoms with E-state index in [-0.39, 0.29) is 28.1 Å². The van der Waals surface area contributed by atoms with Gasteiger partial charge in [-0.05, 0) is 24.7 Å². The number of rotatable bonds is 7. The van der Waals surface area contributed by atoms with Gasteiger partial charge in [-0.25, -0.2) is 0 Å². The number of nitrogens with one attached hydrogen (secondary N) is 2. The topological polar surface area (TPSA) is 107 Å². The Kier molecular flexibility index (Phi) is 5.51. The Labute approximate surface area is 132 Å². The van der Waals surface area contributed by atoms with E-state index in [1.807, 2.05) is 0 Å². The van der Waals surface area contributed by atoms with Gasteiger partial charge in [0.15, 0.2) is 0 Å². The number of benzene rings is 1. The van der Waals surface area contributed by atoms with Crippen molar-refractivity contribution in [2.45, 2.75) is 17.7 Å². The van der Waals surface area contributed by atoms with Gasteiger partial charge >= 0.3 is 0 Å². The smallest absolute Gasteiger partial charge is 0.269 e. The zero-order valence-corrected chi connectivity index (χ0v) is 13.3. The lowest BCUT2D eigenvalue weighted by Crippen LogP contribution is -2.18. The summed E-state index contributed by atoms with van der Waals surface area (Å²) in [7, 11) is 3.14. The van der Waals surface area contributed by atoms with Crippen molar-refractivity contribution < 1.29 is 19.7 Å². The Bertz CT molecular complexity index is 672. The zero-order chi connectivity index (χ0) is 16.1. The molecule has 2 aromatic rings. The quantitative estimate of drug-likeness (QED) is 0.351. The molecule has 120 valence electrons. The van der Waals surface area contributed by atoms with Gasteiger partial charge in [0, 0.05) is 20.8 Å². The van der Waals surface area contributed by atoms with E-state index < -0.39 is 5.91 Å². The second kappa shape index (κ2) is 7.37. The molecule has 0 aliphatic rings. The molecule has 1 heterocycles. The lowest BCUT2D eigenvalue weighted by molar-refractivity contribution is 0.0959. The van der Waals surface area contributed by atoms with E-state index in [0.29, 0.717) is 11.5 Å². The average Bonchev–Trinajstić information content (AvgIpc) is 2.96. The van der Waals surface area contributed by atoms with Crippen molar-refractivity contribution in [3.8, 4) is 11.5 Å². The molecule has 0 saturated heterocycles. The predicted molar refractivity (Wildman–Crippen MR) is 84.6 cm³/mol. The number of phenolic OH excluding ortho intramolecular Hbond substituents is 2. The number of thioether (sulfide) groups is 1. The number of phenols is 2. The van der Waals surface area contributed by atoms with E-state index >= 15 is 0 Å². The fourth-order valence-corrected chi connectivity index (χ4v) is 3.07. The largest absolute Gasteiger partial charge is 0.506 e. The predicted octanol–water partition coefficient (Wildman–Crippen LogP) is 1.85. The molecular weight excluding hydrogens is 306 g/mol. The first-order valence-corrected chi connectivity index (χ1v) is 7.85. The molecule has 1 amide bonds. The Balaban J connectivity index is 2.28. The van der Waals surface area contributed by atoms with Gasteiger partial charge in [-0.1, -0.05) is 0 Å². The lowest BCUT2D eigenvalue weighted by atomic mass is 10.1. The number of methoxy groups -OCH3 is 1. The summed E-state index contributed by atoms with van der Waals surface area (Å²) in [5.74, 6) is 0.254. The Hall–Kier alpha value is -1.93. The summed E-state index contributed by atoms with van der Waals surface area (Å²) < 4.78 is 4.98. The monoisotopic (exact) mass is 325 g/mol. The molecular formula is C14H19N3O4S. The number of carbonyl (C=O) groups is 1. The first-order valence-electron chi connectivity index (χ1n) is 6.87. The summed E-state index contributed by atoms with van der Waals surface area (Å²) in [4.78, 5) is 12.3. The van der Waals surface area contributed by atoms with Crippen molar-refractivity contribution in [3.63, 3.8) is 0 Å². The number of carbonyl (C=O) groups excluding carboxylic acids is 1. The van der Waals surface area contributed by atoms with Crippen LogP contribution in [-0.4, -0.2) is 52.8 Å². The summed E-state index contributed by atoms with van der Waals surface area (Å²) in [6, 6.07) is 1.47. The molecule has 1 aromatic heterocycles. The third-order valence-electron chi connectivity index (χ3n) is 3.20. The van der Waals surface area contributed by atoms with Gasteiger partial charge in [-0.15, -0.1) is 11.8 Å². The van der Waals surface area contributed by atoms with Crippen LogP contribution >= 0.6 is 11.8 Å². The molecule has 0 fully saturated rings. The average molecular weight is 325 g/mol. The number of ether oxygens (including phenoxy) is 1. The summed E-state index contributed by atoms with van der Waals surface area (Å²) in [5, 5.41) is 29.6. The number of unbranched alkanes of at least 4 members (excludes halogenated alkanes) is 1. The van der Waals surface area contributed by atoms with E-state index in [9.17, 15) is 15.0 Å². The number of nitrogens with zero attached hydrogens (tertiary/aromatic N) is 1. The van der Waals surface area contributed by atoms with Crippen molar-refractivity contribution in [2.24, 2.45) is 0 Å². The molecule has 0 atom stereocenters. The Morgan fingerprint density at radius 1 is 1.45 bits per heavy atom. The van der Waals surface area contributed by atoms with Gasteiger partial charge in [-0.2, -0.15) is 5.10 Å². The number of H-pyrrole nitrogens is 1. The molecule has 7 nitrogen and oxygen atoms in total. The van der Waals surface area contributed by atoms with Crippen LogP contribution in [0.25, 0.3) is 10.9 Å². The van der Waals surface area contributed by atoms with E-state index in [2.05, 4.69) is 15.5 Å². The summed E-state index contributed by atoms with van der Waals surface area (Å²) >= 11 is 1.42. The molecule has 0 bridgehead atoms. The Morgan fingerprint density at radius 3 is 2.91 bits per heavy atom. The highest BCUT2D eigenvalue weighted by Crippen LogP contribution is 2.41. The summed E-state index contributed by atoms with van der Waals surface area (Å²) in [6.07, 6.45) is 1.85. The molecule has 0 spiro atoms. The van der Waals surface area contributed by atoms with E-state index in [1.165, 1.54) is 24.9 Å². The van der Waals surface area contributed by atoms with Gasteiger partial charge in [0.25, 0.3) is 5.91 Å². The van der Waals surface area contributed by atoms with Crippen molar-refractivity contribution in [2.75, 3.05) is 26.5 Å². The second-order valence-electron chi connectivity index (χ2n) is 4.69. The highest BCUT2D eigenvalue weighted by atomic mass is 32.2. The van der Waals surface area contributed by atoms with Gasteiger partial charge in [0.2, 0.25) is 0 Å². The van der Waals surface area contributed by atoms with Crippen LogP contribution < -0.4 is 5.32 Å². The zero-order valence-electron chi connectivity index (χ0n) is 12.5. The first-order chi connectivity index (χ1) is 10.6. The first kappa shape index (κ1) is 16.4. The lowest BCUT2D eigenvalue weighted by Gasteiger charge is -2.07. The standard InChI is InChI=1S/C14H19N3O4S/c1-15-14(20)12-10-11(16-17-12)8(18)7-9(13(10)19)22-6-4-3-5-21-2/h7,18-19H,3-6H2,1-2H3,(H,15,20)(H,16,17). The number of amides is 1. The minimum atomic E-state index is -0.403. The molecule has 0 aliphatic carbocycles. The highest BCUT2D eigenvalue weighted by molar-refractivity contribution is 7.99. The van der Waals surface area contributed by atoms with Gasteiger partial charge in [0.05, 0.1) is 10.3 Å². The van der Waals surface area contributed by atoms with E-state index in [1.54, 1.807) is 7.11 Å². The molecule has 2 rings (SSSR count). The summed E-state index contributed by atoms with van der Waals surface area (Å²) in [5.41, 5.74) is 0.312. The van der Waals surface area contributed by atoms with Crippen LogP contribution in [0.2, 0.25) is 0 Å². The maximum atomic E-state index is 11.8. The maximum absolute atomic E-state index is 11.8. The minimum Gasteiger partial charge on any atom is -0.506 e. The van der Waals surface area contributed by atoms with Crippen LogP contribution in [0.15, 0.2) is 11.0 Å². The van der Waals surface area contributed by atoms with Crippen LogP contribution in [0.3, 0.4) is 0 Å². The minimum absolute atomic E-state index is 0.0445. The van der Waals surface area contributed by atoms with Crippen molar-refractivity contribution in [3.05, 3.63) is 11.8 Å².